The molecule has 22 heavy (non-hydrogen) atoms. The summed E-state index contributed by atoms with van der Waals surface area (Å²) < 4.78 is 28.4. The monoisotopic (exact) mass is 342 g/mol. The van der Waals surface area contributed by atoms with Crippen molar-refractivity contribution in [2.45, 2.75) is 51.6 Å². The van der Waals surface area contributed by atoms with E-state index in [0.29, 0.717) is 6.54 Å². The molecule has 0 saturated carbocycles. The van der Waals surface area contributed by atoms with Gasteiger partial charge in [0, 0.05) is 24.7 Å². The predicted molar refractivity (Wildman–Crippen MR) is 87.5 cm³/mol. The molecule has 0 bridgehead atoms. The summed E-state index contributed by atoms with van der Waals surface area (Å²) in [6.45, 7) is 8.43. The molecule has 2 aromatic rings. The number of thiazole rings is 1. The fraction of sp³-hybridized carbons (Fsp3) is 0.571. The number of aryl methyl sites for hydroxylation is 3. The van der Waals surface area contributed by atoms with E-state index in [9.17, 15) is 8.42 Å². The normalized spacial score (nSPS) is 13.7. The largest absolute Gasteiger partial charge is 0.272 e. The second-order valence-corrected chi connectivity index (χ2v) is 8.25. The van der Waals surface area contributed by atoms with Gasteiger partial charge in [0.05, 0.1) is 22.9 Å². The number of aromatic nitrogens is 3. The number of sulfonamides is 1. The first-order valence-corrected chi connectivity index (χ1v) is 9.53. The maximum absolute atomic E-state index is 12.7. The molecule has 0 radical (unpaired) electrons. The molecule has 0 aliphatic heterocycles. The van der Waals surface area contributed by atoms with Gasteiger partial charge in [-0.05, 0) is 27.2 Å². The van der Waals surface area contributed by atoms with Gasteiger partial charge in [0.2, 0.25) is 10.0 Å². The zero-order chi connectivity index (χ0) is 16.5. The molecule has 0 fully saturated rings. The molecule has 2 heterocycles. The van der Waals surface area contributed by atoms with E-state index in [1.165, 1.54) is 10.5 Å². The summed E-state index contributed by atoms with van der Waals surface area (Å²) in [4.78, 5) is 5.70. The summed E-state index contributed by atoms with van der Waals surface area (Å²) >= 11 is 1.58. The molecule has 2 aromatic heterocycles. The van der Waals surface area contributed by atoms with E-state index in [4.69, 9.17) is 0 Å². The smallest absolute Gasteiger partial charge is 0.246 e. The Morgan fingerprint density at radius 3 is 2.59 bits per heavy atom. The Bertz CT molecular complexity index is 749. The Hall–Kier alpha value is -1.25. The van der Waals surface area contributed by atoms with Crippen molar-refractivity contribution in [2.24, 2.45) is 0 Å². The van der Waals surface area contributed by atoms with Crippen molar-refractivity contribution in [3.8, 4) is 0 Å². The number of hydrogen-bond donors (Lipinski definition) is 0. The maximum atomic E-state index is 12.7. The first-order chi connectivity index (χ1) is 10.3. The molecule has 1 atom stereocenters. The minimum atomic E-state index is -3.56. The predicted octanol–water partition coefficient (Wildman–Crippen LogP) is 2.61. The molecule has 0 amide bonds. The SMILES string of the molecule is CCc1nc(C)c([C@@H](C)N(C)S(=O)(=O)c2cnn(CC)c2)s1. The van der Waals surface area contributed by atoms with E-state index < -0.39 is 10.0 Å². The lowest BCUT2D eigenvalue weighted by atomic mass is 10.2. The van der Waals surface area contributed by atoms with Crippen molar-refractivity contribution in [1.29, 1.82) is 0 Å². The molecule has 0 aliphatic rings. The Labute approximate surface area is 135 Å². The average molecular weight is 342 g/mol. The third kappa shape index (κ3) is 3.09. The van der Waals surface area contributed by atoms with Gasteiger partial charge in [0.15, 0.2) is 0 Å². The molecule has 8 heteroatoms. The van der Waals surface area contributed by atoms with Crippen LogP contribution in [0.15, 0.2) is 17.3 Å². The van der Waals surface area contributed by atoms with Crippen molar-refractivity contribution in [1.82, 2.24) is 19.1 Å². The average Bonchev–Trinajstić information content (AvgIpc) is 3.12. The lowest BCUT2D eigenvalue weighted by molar-refractivity contribution is 0.401. The minimum Gasteiger partial charge on any atom is -0.272 e. The van der Waals surface area contributed by atoms with Crippen LogP contribution in [-0.4, -0.2) is 34.5 Å². The van der Waals surface area contributed by atoms with Crippen LogP contribution in [0.3, 0.4) is 0 Å². The quantitative estimate of drug-likeness (QED) is 0.809. The molecule has 122 valence electrons. The summed E-state index contributed by atoms with van der Waals surface area (Å²) in [6.07, 6.45) is 3.83. The lowest BCUT2D eigenvalue weighted by Gasteiger charge is -2.23. The lowest BCUT2D eigenvalue weighted by Crippen LogP contribution is -2.29. The van der Waals surface area contributed by atoms with Gasteiger partial charge in [-0.15, -0.1) is 11.3 Å². The second-order valence-electron chi connectivity index (χ2n) is 5.14. The highest BCUT2D eigenvalue weighted by molar-refractivity contribution is 7.89. The fourth-order valence-corrected chi connectivity index (χ4v) is 4.65. The summed E-state index contributed by atoms with van der Waals surface area (Å²) in [6, 6.07) is -0.257. The van der Waals surface area contributed by atoms with E-state index >= 15 is 0 Å². The van der Waals surface area contributed by atoms with E-state index in [1.54, 1.807) is 29.3 Å². The van der Waals surface area contributed by atoms with Gasteiger partial charge in [0.25, 0.3) is 0 Å². The van der Waals surface area contributed by atoms with Crippen LogP contribution in [0.25, 0.3) is 0 Å². The van der Waals surface area contributed by atoms with Crippen molar-refractivity contribution in [3.63, 3.8) is 0 Å². The molecule has 0 N–H and O–H groups in total. The molecular formula is C14H22N4O2S2. The molecular weight excluding hydrogens is 320 g/mol. The highest BCUT2D eigenvalue weighted by Crippen LogP contribution is 2.31. The van der Waals surface area contributed by atoms with E-state index in [0.717, 1.165) is 22.0 Å². The van der Waals surface area contributed by atoms with Crippen LogP contribution < -0.4 is 0 Å². The van der Waals surface area contributed by atoms with Crippen LogP contribution in [0.1, 0.15) is 42.4 Å². The second kappa shape index (κ2) is 6.47. The zero-order valence-electron chi connectivity index (χ0n) is 13.6. The first kappa shape index (κ1) is 17.1. The van der Waals surface area contributed by atoms with Gasteiger partial charge in [-0.2, -0.15) is 9.40 Å². The first-order valence-electron chi connectivity index (χ1n) is 7.27. The summed E-state index contributed by atoms with van der Waals surface area (Å²) in [7, 11) is -1.96. The van der Waals surface area contributed by atoms with E-state index in [2.05, 4.69) is 10.1 Å². The molecule has 0 saturated heterocycles. The summed E-state index contributed by atoms with van der Waals surface area (Å²) in [5.41, 5.74) is 0.903. The molecule has 0 aromatic carbocycles. The minimum absolute atomic E-state index is 0.224. The van der Waals surface area contributed by atoms with E-state index in [-0.39, 0.29) is 10.9 Å². The standard InChI is InChI=1S/C14H22N4O2S2/c1-6-13-16-10(3)14(21-13)11(4)17(5)22(19,20)12-8-15-18(7-2)9-12/h8-9,11H,6-7H2,1-5H3/t11-/m1/s1. The molecule has 0 unspecified atom stereocenters. The van der Waals surface area contributed by atoms with Crippen LogP contribution >= 0.6 is 11.3 Å². The fourth-order valence-electron chi connectivity index (χ4n) is 2.19. The molecule has 0 spiro atoms. The van der Waals surface area contributed by atoms with Gasteiger partial charge in [-0.3, -0.25) is 4.68 Å². The summed E-state index contributed by atoms with van der Waals surface area (Å²) in [5.74, 6) is 0. The number of rotatable bonds is 6. The van der Waals surface area contributed by atoms with Crippen LogP contribution in [-0.2, 0) is 23.0 Å². The molecule has 6 nitrogen and oxygen atoms in total. The molecule has 2 rings (SSSR count). The van der Waals surface area contributed by atoms with Gasteiger partial charge >= 0.3 is 0 Å². The Balaban J connectivity index is 2.32. The van der Waals surface area contributed by atoms with Crippen molar-refractivity contribution >= 4 is 21.4 Å². The highest BCUT2D eigenvalue weighted by Gasteiger charge is 2.29. The topological polar surface area (TPSA) is 68.1 Å². The third-order valence-electron chi connectivity index (χ3n) is 3.71. The number of nitrogens with zero attached hydrogens (tertiary/aromatic N) is 4. The zero-order valence-corrected chi connectivity index (χ0v) is 15.2. The maximum Gasteiger partial charge on any atom is 0.246 e. The van der Waals surface area contributed by atoms with E-state index in [1.807, 2.05) is 27.7 Å². The van der Waals surface area contributed by atoms with Gasteiger partial charge < -0.3 is 0 Å². The summed E-state index contributed by atoms with van der Waals surface area (Å²) in [5, 5.41) is 5.08. The number of hydrogen-bond acceptors (Lipinski definition) is 5. The Morgan fingerprint density at radius 1 is 1.41 bits per heavy atom. The Kier molecular flexibility index (Phi) is 5.03. The Morgan fingerprint density at radius 2 is 2.09 bits per heavy atom. The third-order valence-corrected chi connectivity index (χ3v) is 7.07. The van der Waals surface area contributed by atoms with Crippen molar-refractivity contribution in [3.05, 3.63) is 28.0 Å². The highest BCUT2D eigenvalue weighted by atomic mass is 32.2. The van der Waals surface area contributed by atoms with Crippen LogP contribution in [0.4, 0.5) is 0 Å². The van der Waals surface area contributed by atoms with Crippen molar-refractivity contribution in [2.75, 3.05) is 7.05 Å². The van der Waals surface area contributed by atoms with Gasteiger partial charge in [0.1, 0.15) is 4.90 Å². The van der Waals surface area contributed by atoms with Crippen molar-refractivity contribution < 1.29 is 8.42 Å². The molecule has 0 aliphatic carbocycles. The van der Waals surface area contributed by atoms with Gasteiger partial charge in [-0.1, -0.05) is 6.92 Å². The van der Waals surface area contributed by atoms with Crippen LogP contribution in [0.2, 0.25) is 0 Å². The van der Waals surface area contributed by atoms with Crippen LogP contribution in [0, 0.1) is 6.92 Å². The van der Waals surface area contributed by atoms with Crippen LogP contribution in [0.5, 0.6) is 0 Å². The van der Waals surface area contributed by atoms with Gasteiger partial charge in [-0.25, -0.2) is 13.4 Å².